The quantitative estimate of drug-likeness (QED) is 0.714. The van der Waals surface area contributed by atoms with Crippen LogP contribution >= 0.6 is 0 Å². The Balaban J connectivity index is 1.49. The fourth-order valence-corrected chi connectivity index (χ4v) is 3.84. The Hall–Kier alpha value is -2.89. The highest BCUT2D eigenvalue weighted by molar-refractivity contribution is 5.75. The summed E-state index contributed by atoms with van der Waals surface area (Å²) in [4.78, 5) is 12.4. The van der Waals surface area contributed by atoms with Gasteiger partial charge in [-0.3, -0.25) is 4.79 Å². The van der Waals surface area contributed by atoms with Crippen molar-refractivity contribution in [3.63, 3.8) is 0 Å². The first kappa shape index (κ1) is 18.5. The second-order valence-corrected chi connectivity index (χ2v) is 7.07. The summed E-state index contributed by atoms with van der Waals surface area (Å²) in [5.74, 6) is 2.67. The number of hydrogen-bond acceptors (Lipinski definition) is 6. The van der Waals surface area contributed by atoms with E-state index in [0.29, 0.717) is 37.7 Å². The van der Waals surface area contributed by atoms with Gasteiger partial charge in [-0.05, 0) is 48.2 Å². The number of ether oxygens (including phenoxy) is 5. The van der Waals surface area contributed by atoms with Crippen molar-refractivity contribution >= 4 is 5.97 Å². The highest BCUT2D eigenvalue weighted by atomic mass is 16.6. The number of esters is 1. The molecule has 4 rings (SSSR count). The summed E-state index contributed by atoms with van der Waals surface area (Å²) in [5.41, 5.74) is 2.14. The largest absolute Gasteiger partial charge is 0.493 e. The molecule has 28 heavy (non-hydrogen) atoms. The molecule has 0 amide bonds. The van der Waals surface area contributed by atoms with Crippen molar-refractivity contribution in [2.75, 3.05) is 34.0 Å². The molecule has 1 fully saturated rings. The van der Waals surface area contributed by atoms with Crippen LogP contribution in [0.4, 0.5) is 0 Å². The van der Waals surface area contributed by atoms with Crippen LogP contribution in [0.2, 0.25) is 0 Å². The normalized spacial score (nSPS) is 20.6. The monoisotopic (exact) mass is 384 g/mol. The van der Waals surface area contributed by atoms with Crippen LogP contribution in [0.25, 0.3) is 0 Å². The lowest BCUT2D eigenvalue weighted by molar-refractivity contribution is -0.141. The Labute approximate surface area is 164 Å². The number of carbonyl (C=O) groups is 1. The Morgan fingerprint density at radius 3 is 2.36 bits per heavy atom. The van der Waals surface area contributed by atoms with Gasteiger partial charge >= 0.3 is 5.97 Å². The minimum atomic E-state index is -0.185. The third kappa shape index (κ3) is 3.72. The second-order valence-electron chi connectivity index (χ2n) is 7.07. The van der Waals surface area contributed by atoms with E-state index in [1.54, 1.807) is 14.2 Å². The molecule has 2 aliphatic rings. The number of carbonyl (C=O) groups excluding carboxylic acids is 1. The second kappa shape index (κ2) is 8.00. The van der Waals surface area contributed by atoms with Gasteiger partial charge in [-0.25, -0.2) is 0 Å². The molecule has 2 heterocycles. The van der Waals surface area contributed by atoms with Crippen molar-refractivity contribution in [1.82, 2.24) is 0 Å². The molecule has 2 aromatic carbocycles. The molecule has 0 unspecified atom stereocenters. The summed E-state index contributed by atoms with van der Waals surface area (Å²) < 4.78 is 27.3. The van der Waals surface area contributed by atoms with Gasteiger partial charge in [0.15, 0.2) is 23.0 Å². The van der Waals surface area contributed by atoms with Crippen LogP contribution in [-0.4, -0.2) is 40.0 Å². The lowest BCUT2D eigenvalue weighted by Gasteiger charge is -2.20. The van der Waals surface area contributed by atoms with E-state index in [1.165, 1.54) is 0 Å². The van der Waals surface area contributed by atoms with Crippen LogP contribution < -0.4 is 18.9 Å². The zero-order chi connectivity index (χ0) is 19.5. The molecule has 148 valence electrons. The van der Waals surface area contributed by atoms with E-state index in [-0.39, 0.29) is 17.8 Å². The Kier molecular flexibility index (Phi) is 5.28. The fraction of sp³-hybridized carbons (Fsp3) is 0.409. The maximum absolute atomic E-state index is 12.4. The zero-order valence-corrected chi connectivity index (χ0v) is 16.1. The molecular formula is C22H24O6. The summed E-state index contributed by atoms with van der Waals surface area (Å²) in [6, 6.07) is 11.7. The van der Waals surface area contributed by atoms with Gasteiger partial charge in [0.05, 0.1) is 26.7 Å². The summed E-state index contributed by atoms with van der Waals surface area (Å²) in [5, 5.41) is 0. The molecule has 6 heteroatoms. The van der Waals surface area contributed by atoms with Gasteiger partial charge in [0.25, 0.3) is 0 Å². The predicted octanol–water partition coefficient (Wildman–Crippen LogP) is 3.05. The highest BCUT2D eigenvalue weighted by Crippen LogP contribution is 2.35. The molecule has 0 bridgehead atoms. The Bertz CT molecular complexity index is 862. The average Bonchev–Trinajstić information content (AvgIpc) is 3.07. The molecule has 2 aromatic rings. The van der Waals surface area contributed by atoms with E-state index >= 15 is 0 Å². The topological polar surface area (TPSA) is 63.2 Å². The van der Waals surface area contributed by atoms with Crippen molar-refractivity contribution < 1.29 is 28.5 Å². The molecule has 0 spiro atoms. The first-order chi connectivity index (χ1) is 13.7. The van der Waals surface area contributed by atoms with Crippen molar-refractivity contribution in [3.05, 3.63) is 47.5 Å². The summed E-state index contributed by atoms with van der Waals surface area (Å²) in [7, 11) is 3.24. The summed E-state index contributed by atoms with van der Waals surface area (Å²) >= 11 is 0. The molecule has 1 saturated heterocycles. The fourth-order valence-electron chi connectivity index (χ4n) is 3.84. The maximum atomic E-state index is 12.4. The van der Waals surface area contributed by atoms with Gasteiger partial charge in [-0.2, -0.15) is 0 Å². The van der Waals surface area contributed by atoms with Gasteiger partial charge in [-0.15, -0.1) is 0 Å². The number of rotatable bonds is 6. The number of methoxy groups -OCH3 is 2. The van der Waals surface area contributed by atoms with E-state index in [4.69, 9.17) is 23.7 Å². The van der Waals surface area contributed by atoms with Crippen molar-refractivity contribution in [3.8, 4) is 23.0 Å². The van der Waals surface area contributed by atoms with E-state index in [2.05, 4.69) is 0 Å². The number of fused-ring (bicyclic) bond motifs is 1. The smallest absolute Gasteiger partial charge is 0.309 e. The molecule has 0 radical (unpaired) electrons. The molecule has 6 nitrogen and oxygen atoms in total. The number of cyclic esters (lactones) is 1. The van der Waals surface area contributed by atoms with Crippen LogP contribution in [0.15, 0.2) is 36.4 Å². The Morgan fingerprint density at radius 2 is 1.57 bits per heavy atom. The van der Waals surface area contributed by atoms with Crippen LogP contribution in [0.1, 0.15) is 11.1 Å². The van der Waals surface area contributed by atoms with Gasteiger partial charge < -0.3 is 23.7 Å². The lowest BCUT2D eigenvalue weighted by atomic mass is 9.85. The molecule has 2 aliphatic heterocycles. The molecule has 0 aromatic heterocycles. The van der Waals surface area contributed by atoms with Crippen LogP contribution in [0, 0.1) is 11.8 Å². The molecule has 0 saturated carbocycles. The van der Waals surface area contributed by atoms with E-state index in [0.717, 1.165) is 29.0 Å². The number of benzene rings is 2. The average molecular weight is 384 g/mol. The van der Waals surface area contributed by atoms with Crippen molar-refractivity contribution in [2.45, 2.75) is 12.8 Å². The maximum Gasteiger partial charge on any atom is 0.309 e. The van der Waals surface area contributed by atoms with E-state index < -0.39 is 0 Å². The van der Waals surface area contributed by atoms with Crippen LogP contribution in [0.3, 0.4) is 0 Å². The Morgan fingerprint density at radius 1 is 0.857 bits per heavy atom. The predicted molar refractivity (Wildman–Crippen MR) is 102 cm³/mol. The minimum absolute atomic E-state index is 0.110. The first-order valence-electron chi connectivity index (χ1n) is 9.44. The third-order valence-corrected chi connectivity index (χ3v) is 5.32. The first-order valence-corrected chi connectivity index (χ1v) is 9.44. The van der Waals surface area contributed by atoms with Crippen LogP contribution in [0.5, 0.6) is 23.0 Å². The minimum Gasteiger partial charge on any atom is -0.493 e. The summed E-state index contributed by atoms with van der Waals surface area (Å²) in [6.07, 6.45) is 1.36. The standard InChI is InChI=1S/C22H24O6/c1-24-18-5-3-14(11-20(18)25-2)9-16-13-28-22(23)17(16)10-15-4-6-19-21(12-15)27-8-7-26-19/h3-6,11-12,16-17H,7-10,13H2,1-2H3/t16-,17+/m0/s1. The van der Waals surface area contributed by atoms with E-state index in [9.17, 15) is 4.79 Å². The third-order valence-electron chi connectivity index (χ3n) is 5.32. The SMILES string of the molecule is COc1ccc(C[C@H]2COC(=O)[C@@H]2Cc2ccc3c(c2)OCCO3)cc1OC. The van der Waals surface area contributed by atoms with Gasteiger partial charge in [0, 0.05) is 5.92 Å². The molecule has 2 atom stereocenters. The van der Waals surface area contributed by atoms with Crippen LogP contribution in [-0.2, 0) is 22.4 Å². The van der Waals surface area contributed by atoms with E-state index in [1.807, 2.05) is 36.4 Å². The van der Waals surface area contributed by atoms with Gasteiger partial charge in [0.1, 0.15) is 13.2 Å². The van der Waals surface area contributed by atoms with Crippen molar-refractivity contribution in [1.29, 1.82) is 0 Å². The lowest BCUT2D eigenvalue weighted by Crippen LogP contribution is -2.21. The number of hydrogen-bond donors (Lipinski definition) is 0. The summed E-state index contributed by atoms with van der Waals surface area (Å²) in [6.45, 7) is 1.54. The van der Waals surface area contributed by atoms with Crippen molar-refractivity contribution in [2.24, 2.45) is 11.8 Å². The molecule has 0 aliphatic carbocycles. The van der Waals surface area contributed by atoms with Gasteiger partial charge in [-0.1, -0.05) is 12.1 Å². The molecule has 0 N–H and O–H groups in total. The zero-order valence-electron chi connectivity index (χ0n) is 16.1. The van der Waals surface area contributed by atoms with Gasteiger partial charge in [0.2, 0.25) is 0 Å². The molecular weight excluding hydrogens is 360 g/mol. The highest BCUT2D eigenvalue weighted by Gasteiger charge is 2.37.